The number of aromatic nitrogens is 1. The van der Waals surface area contributed by atoms with E-state index in [0.717, 1.165) is 4.90 Å². The highest BCUT2D eigenvalue weighted by molar-refractivity contribution is 6.36. The highest BCUT2D eigenvalue weighted by Gasteiger charge is 2.55. The molecule has 1 fully saturated rings. The third-order valence-corrected chi connectivity index (χ3v) is 4.97. The van der Waals surface area contributed by atoms with Gasteiger partial charge in [0.15, 0.2) is 0 Å². The highest BCUT2D eigenvalue weighted by atomic mass is 35.5. The lowest BCUT2D eigenvalue weighted by atomic mass is 10.1. The van der Waals surface area contributed by atoms with E-state index in [1.807, 2.05) is 0 Å². The van der Waals surface area contributed by atoms with Crippen molar-refractivity contribution in [1.29, 1.82) is 0 Å². The first-order chi connectivity index (χ1) is 11.9. The molecule has 7 nitrogen and oxygen atoms in total. The van der Waals surface area contributed by atoms with Gasteiger partial charge >= 0.3 is 12.0 Å². The van der Waals surface area contributed by atoms with Crippen LogP contribution in [0.2, 0.25) is 10.0 Å². The Hall–Kier alpha value is -2.38. The van der Waals surface area contributed by atoms with Crippen molar-refractivity contribution in [3.63, 3.8) is 0 Å². The molecule has 9 heteroatoms. The molecule has 3 amide bonds. The smallest absolute Gasteiger partial charge is 0.390 e. The van der Waals surface area contributed by atoms with Crippen LogP contribution in [0.3, 0.4) is 0 Å². The zero-order valence-corrected chi connectivity index (χ0v) is 14.9. The van der Waals surface area contributed by atoms with E-state index < -0.39 is 18.0 Å². The first-order valence-electron chi connectivity index (χ1n) is 7.50. The predicted octanol–water partition coefficient (Wildman–Crippen LogP) is 2.86. The molecular weight excluding hydrogens is 367 g/mol. The molecule has 0 bridgehead atoms. The minimum Gasteiger partial charge on any atom is -0.390 e. The topological polar surface area (TPSA) is 70.0 Å². The van der Waals surface area contributed by atoms with Crippen LogP contribution in [0.4, 0.5) is 10.8 Å². The number of hydrogen-bond donors (Lipinski definition) is 0. The second kappa shape index (κ2) is 5.57. The number of fused-ring (bicyclic) bond motifs is 3. The average molecular weight is 380 g/mol. The van der Waals surface area contributed by atoms with Crippen molar-refractivity contribution in [2.75, 3.05) is 7.05 Å². The number of aliphatic imine (C=N–C) groups is 1. The Labute approximate surface area is 153 Å². The molecule has 128 valence electrons. The maximum absolute atomic E-state index is 13.0. The fourth-order valence-electron chi connectivity index (χ4n) is 3.02. The molecule has 1 unspecified atom stereocenters. The van der Waals surface area contributed by atoms with Gasteiger partial charge in [0, 0.05) is 27.6 Å². The van der Waals surface area contributed by atoms with Gasteiger partial charge in [0.25, 0.3) is 17.8 Å². The Kier molecular flexibility index (Phi) is 3.59. The molecule has 0 aliphatic carbocycles. The molecule has 25 heavy (non-hydrogen) atoms. The third kappa shape index (κ3) is 2.34. The lowest BCUT2D eigenvalue weighted by Gasteiger charge is -2.32. The van der Waals surface area contributed by atoms with Crippen molar-refractivity contribution >= 4 is 47.0 Å². The van der Waals surface area contributed by atoms with E-state index in [1.165, 1.54) is 4.90 Å². The van der Waals surface area contributed by atoms with Gasteiger partial charge in [-0.25, -0.2) is 4.79 Å². The first kappa shape index (κ1) is 16.1. The van der Waals surface area contributed by atoms with Crippen LogP contribution < -0.4 is 4.57 Å². The Bertz CT molecular complexity index is 933. The van der Waals surface area contributed by atoms with Gasteiger partial charge in [-0.15, -0.1) is 0 Å². The number of imide groups is 1. The van der Waals surface area contributed by atoms with Crippen molar-refractivity contribution < 1.29 is 18.6 Å². The molecule has 2 aliphatic rings. The zero-order chi connectivity index (χ0) is 17.9. The fourth-order valence-corrected chi connectivity index (χ4v) is 3.54. The number of oxazole rings is 1. The number of halogens is 2. The lowest BCUT2D eigenvalue weighted by Crippen LogP contribution is -2.62. The summed E-state index contributed by atoms with van der Waals surface area (Å²) in [7, 11) is 1.57. The van der Waals surface area contributed by atoms with Gasteiger partial charge in [-0.2, -0.15) is 4.57 Å². The van der Waals surface area contributed by atoms with Crippen LogP contribution in [0.5, 0.6) is 0 Å². The maximum atomic E-state index is 13.0. The molecule has 1 aromatic heterocycles. The molecule has 0 saturated carbocycles. The first-order valence-corrected chi connectivity index (χ1v) is 8.26. The highest BCUT2D eigenvalue weighted by Crippen LogP contribution is 2.32. The molecule has 0 N–H and O–H groups in total. The van der Waals surface area contributed by atoms with Crippen LogP contribution in [0.25, 0.3) is 0 Å². The second-order valence-corrected chi connectivity index (χ2v) is 6.68. The van der Waals surface area contributed by atoms with Gasteiger partial charge in [0.1, 0.15) is 12.0 Å². The van der Waals surface area contributed by atoms with Crippen molar-refractivity contribution in [2.45, 2.75) is 19.5 Å². The van der Waals surface area contributed by atoms with Gasteiger partial charge in [-0.1, -0.05) is 29.3 Å². The number of aryl methyl sites for hydroxylation is 1. The standard InChI is InChI=1S/C16H13Cl2N4O3/c1-8-6-21-12-13(19-15(21)25-8)20(2)16(24)22(14(12)23)7-9-10(17)4-3-5-11(9)18/h3-6,12H,7H2,1-2H3/q+1. The van der Waals surface area contributed by atoms with Gasteiger partial charge < -0.3 is 4.42 Å². The number of carbonyl (C=O) groups excluding carboxylic acids is 2. The summed E-state index contributed by atoms with van der Waals surface area (Å²) >= 11 is 12.4. The van der Waals surface area contributed by atoms with E-state index in [1.54, 1.807) is 42.9 Å². The van der Waals surface area contributed by atoms with Crippen molar-refractivity contribution in [3.8, 4) is 0 Å². The summed E-state index contributed by atoms with van der Waals surface area (Å²) in [5.74, 6) is 0.573. The van der Waals surface area contributed by atoms with E-state index in [0.29, 0.717) is 33.2 Å². The van der Waals surface area contributed by atoms with Gasteiger partial charge in [0.05, 0.1) is 6.54 Å². The molecule has 2 aliphatic heterocycles. The number of nitrogens with zero attached hydrogens (tertiary/aromatic N) is 4. The van der Waals surface area contributed by atoms with Crippen LogP contribution in [0.1, 0.15) is 17.4 Å². The summed E-state index contributed by atoms with van der Waals surface area (Å²) in [6.07, 6.45) is 1.69. The SMILES string of the molecule is Cc1c[n+]2c(o1)N=C1C2C(=O)N(Cc2c(Cl)cccc2Cl)C(=O)N1C. The van der Waals surface area contributed by atoms with E-state index in [4.69, 9.17) is 27.6 Å². The number of rotatable bonds is 2. The molecule has 0 radical (unpaired) electrons. The zero-order valence-electron chi connectivity index (χ0n) is 13.4. The monoisotopic (exact) mass is 379 g/mol. The number of amides is 3. The molecular formula is C16H13Cl2N4O3+. The maximum Gasteiger partial charge on any atom is 0.506 e. The summed E-state index contributed by atoms with van der Waals surface area (Å²) in [5, 5.41) is 0.795. The Balaban J connectivity index is 1.75. The minimum absolute atomic E-state index is 0.0168. The van der Waals surface area contributed by atoms with E-state index >= 15 is 0 Å². The molecule has 4 rings (SSSR count). The lowest BCUT2D eigenvalue weighted by molar-refractivity contribution is -0.679. The van der Waals surface area contributed by atoms with Crippen molar-refractivity contribution in [2.24, 2.45) is 4.99 Å². The van der Waals surface area contributed by atoms with Crippen LogP contribution >= 0.6 is 23.2 Å². The van der Waals surface area contributed by atoms with Crippen molar-refractivity contribution in [1.82, 2.24) is 9.80 Å². The summed E-state index contributed by atoms with van der Waals surface area (Å²) in [5.41, 5.74) is 0.521. The van der Waals surface area contributed by atoms with E-state index in [-0.39, 0.29) is 6.54 Å². The summed E-state index contributed by atoms with van der Waals surface area (Å²) < 4.78 is 7.09. The Morgan fingerprint density at radius 2 is 1.96 bits per heavy atom. The van der Waals surface area contributed by atoms with Gasteiger partial charge in [0.2, 0.25) is 0 Å². The van der Waals surface area contributed by atoms with Crippen LogP contribution in [0, 0.1) is 6.92 Å². The summed E-state index contributed by atoms with van der Waals surface area (Å²) in [4.78, 5) is 32.4. The Morgan fingerprint density at radius 3 is 2.64 bits per heavy atom. The molecule has 0 spiro atoms. The fraction of sp³-hybridized carbons (Fsp3) is 0.250. The molecule has 3 heterocycles. The van der Waals surface area contributed by atoms with Crippen LogP contribution in [-0.2, 0) is 11.3 Å². The number of likely N-dealkylation sites (N-methyl/N-ethyl adjacent to an activating group) is 1. The molecule has 2 aromatic rings. The Morgan fingerprint density at radius 1 is 1.28 bits per heavy atom. The molecule has 1 atom stereocenters. The molecule has 1 aromatic carbocycles. The normalized spacial score (nSPS) is 19.2. The number of benzene rings is 1. The molecule has 1 saturated heterocycles. The quantitative estimate of drug-likeness (QED) is 0.753. The largest absolute Gasteiger partial charge is 0.506 e. The van der Waals surface area contributed by atoms with E-state index in [2.05, 4.69) is 4.99 Å². The van der Waals surface area contributed by atoms with Crippen LogP contribution in [-0.4, -0.2) is 34.6 Å². The summed E-state index contributed by atoms with van der Waals surface area (Å²) in [6.45, 7) is 1.75. The predicted molar refractivity (Wildman–Crippen MR) is 89.9 cm³/mol. The van der Waals surface area contributed by atoms with E-state index in [9.17, 15) is 9.59 Å². The third-order valence-electron chi connectivity index (χ3n) is 4.27. The number of hydrogen-bond acceptors (Lipinski definition) is 4. The van der Waals surface area contributed by atoms with Crippen molar-refractivity contribution in [3.05, 3.63) is 45.8 Å². The number of carbonyl (C=O) groups is 2. The second-order valence-electron chi connectivity index (χ2n) is 5.87. The van der Waals surface area contributed by atoms with Gasteiger partial charge in [-0.3, -0.25) is 14.6 Å². The minimum atomic E-state index is -0.739. The summed E-state index contributed by atoms with van der Waals surface area (Å²) in [6, 6.07) is 4.11. The number of urea groups is 1. The number of amidine groups is 1. The van der Waals surface area contributed by atoms with Gasteiger partial charge in [-0.05, 0) is 19.1 Å². The average Bonchev–Trinajstić information content (AvgIpc) is 3.07. The van der Waals surface area contributed by atoms with Crippen LogP contribution in [0.15, 0.2) is 33.8 Å².